The normalized spacial score (nSPS) is 17.1. The second-order valence-corrected chi connectivity index (χ2v) is 10.6. The van der Waals surface area contributed by atoms with Crippen LogP contribution in [0.1, 0.15) is 56.0 Å². The molecule has 0 bridgehead atoms. The van der Waals surface area contributed by atoms with Crippen LogP contribution < -0.4 is 10.7 Å². The largest absolute Gasteiger partial charge is 0.347 e. The van der Waals surface area contributed by atoms with Gasteiger partial charge in [-0.1, -0.05) is 36.4 Å². The molecule has 4 aromatic rings. The number of carbonyl (C=O) groups excluding carboxylic acids is 2. The zero-order chi connectivity index (χ0) is 25.6. The molecule has 5 rings (SSSR count). The van der Waals surface area contributed by atoms with Crippen LogP contribution in [0.25, 0.3) is 27.8 Å². The van der Waals surface area contributed by atoms with Crippen molar-refractivity contribution in [2.75, 3.05) is 0 Å². The Morgan fingerprint density at radius 3 is 2.42 bits per heavy atom. The van der Waals surface area contributed by atoms with Gasteiger partial charge in [0.1, 0.15) is 17.0 Å². The highest BCUT2D eigenvalue weighted by atomic mass is 16.2. The van der Waals surface area contributed by atoms with Crippen LogP contribution in [-0.4, -0.2) is 26.8 Å². The average molecular weight is 480 g/mol. The van der Waals surface area contributed by atoms with Gasteiger partial charge in [-0.05, 0) is 81.0 Å². The number of aromatic nitrogens is 2. The minimum atomic E-state index is -0.477. The van der Waals surface area contributed by atoms with Gasteiger partial charge in [-0.25, -0.2) is 4.98 Å². The molecule has 1 N–H and O–H groups in total. The van der Waals surface area contributed by atoms with Crippen molar-refractivity contribution in [1.29, 1.82) is 0 Å². The van der Waals surface area contributed by atoms with Crippen molar-refractivity contribution in [2.45, 2.75) is 45.6 Å². The molecule has 6 heteroatoms. The molecule has 1 aliphatic carbocycles. The highest BCUT2D eigenvalue weighted by Gasteiger charge is 2.41. The lowest BCUT2D eigenvalue weighted by atomic mass is 10.0. The first-order valence-corrected chi connectivity index (χ1v) is 12.2. The number of benzene rings is 2. The van der Waals surface area contributed by atoms with Gasteiger partial charge < -0.3 is 9.88 Å². The maximum absolute atomic E-state index is 13.1. The van der Waals surface area contributed by atoms with E-state index < -0.39 is 11.4 Å². The van der Waals surface area contributed by atoms with E-state index in [1.165, 1.54) is 5.56 Å². The molecule has 1 aliphatic rings. The third-order valence-corrected chi connectivity index (χ3v) is 6.60. The fraction of sp³-hybridized carbons (Fsp3) is 0.267. The summed E-state index contributed by atoms with van der Waals surface area (Å²) in [5, 5.41) is 3.28. The van der Waals surface area contributed by atoms with E-state index in [1.54, 1.807) is 36.0 Å². The van der Waals surface area contributed by atoms with E-state index in [0.29, 0.717) is 17.0 Å². The highest BCUT2D eigenvalue weighted by Crippen LogP contribution is 2.48. The van der Waals surface area contributed by atoms with Crippen molar-refractivity contribution in [3.8, 4) is 16.8 Å². The lowest BCUT2D eigenvalue weighted by Crippen LogP contribution is -2.42. The van der Waals surface area contributed by atoms with Crippen LogP contribution in [0, 0.1) is 5.92 Å². The number of amides is 1. The Bertz CT molecular complexity index is 1540. The van der Waals surface area contributed by atoms with Gasteiger partial charge in [0.25, 0.3) is 5.91 Å². The lowest BCUT2D eigenvalue weighted by Gasteiger charge is -2.21. The molecular formula is C30H29N3O3. The first-order valence-electron chi connectivity index (χ1n) is 12.2. The molecular weight excluding hydrogens is 450 g/mol. The first-order chi connectivity index (χ1) is 17.1. The van der Waals surface area contributed by atoms with Gasteiger partial charge in [-0.3, -0.25) is 14.4 Å². The maximum atomic E-state index is 13.1. The molecule has 182 valence electrons. The molecule has 2 unspecified atom stereocenters. The molecule has 2 heterocycles. The van der Waals surface area contributed by atoms with Crippen LogP contribution in [-0.2, 0) is 4.79 Å². The van der Waals surface area contributed by atoms with Crippen molar-refractivity contribution in [1.82, 2.24) is 14.9 Å². The van der Waals surface area contributed by atoms with Gasteiger partial charge in [0.15, 0.2) is 0 Å². The Morgan fingerprint density at radius 1 is 1.00 bits per heavy atom. The third kappa shape index (κ3) is 4.59. The van der Waals surface area contributed by atoms with Crippen LogP contribution in [0.5, 0.6) is 0 Å². The van der Waals surface area contributed by atoms with Crippen LogP contribution in [0.4, 0.5) is 0 Å². The number of carbonyl (C=O) groups is 2. The summed E-state index contributed by atoms with van der Waals surface area (Å²) in [5.74, 6) is 0.334. The van der Waals surface area contributed by atoms with Crippen molar-refractivity contribution >= 4 is 22.7 Å². The molecule has 0 radical (unpaired) electrons. The van der Waals surface area contributed by atoms with E-state index in [2.05, 4.69) is 34.6 Å². The number of pyridine rings is 2. The van der Waals surface area contributed by atoms with Gasteiger partial charge in [-0.15, -0.1) is 0 Å². The highest BCUT2D eigenvalue weighted by molar-refractivity contribution is 5.97. The molecule has 2 atom stereocenters. The van der Waals surface area contributed by atoms with Crippen LogP contribution >= 0.6 is 0 Å². The fourth-order valence-electron chi connectivity index (χ4n) is 4.70. The van der Waals surface area contributed by atoms with E-state index in [1.807, 2.05) is 45.0 Å². The number of ketones is 1. The van der Waals surface area contributed by atoms with Gasteiger partial charge >= 0.3 is 0 Å². The molecule has 1 saturated carbocycles. The number of nitrogens with one attached hydrogen (secondary N) is 1. The Labute approximate surface area is 210 Å². The molecule has 2 aromatic heterocycles. The predicted molar refractivity (Wildman–Crippen MR) is 142 cm³/mol. The Morgan fingerprint density at radius 2 is 1.75 bits per heavy atom. The summed E-state index contributed by atoms with van der Waals surface area (Å²) in [7, 11) is 0. The Balaban J connectivity index is 1.55. The standard InChI is InChI=1S/C30H29N3O3/c1-18(34)24-16-25(24)20-12-10-19(11-13-20)21-7-5-8-22(15-21)33-17-26(29(36)32-30(2,3)4)27(35)23-9-6-14-31-28(23)33/h5-15,17,24-25H,16H2,1-4H3,(H,32,36). The fourth-order valence-corrected chi connectivity index (χ4v) is 4.70. The minimum Gasteiger partial charge on any atom is -0.347 e. The van der Waals surface area contributed by atoms with E-state index in [0.717, 1.165) is 23.2 Å². The van der Waals surface area contributed by atoms with Crippen LogP contribution in [0.15, 0.2) is 77.9 Å². The Kier molecular flexibility index (Phi) is 5.83. The summed E-state index contributed by atoms with van der Waals surface area (Å²) in [6.07, 6.45) is 4.15. The van der Waals surface area contributed by atoms with E-state index in [4.69, 9.17) is 0 Å². The topological polar surface area (TPSA) is 81.1 Å². The van der Waals surface area contributed by atoms with Crippen LogP contribution in [0.3, 0.4) is 0 Å². The second kappa shape index (κ2) is 8.86. The first kappa shape index (κ1) is 23.7. The van der Waals surface area contributed by atoms with Gasteiger partial charge in [0.2, 0.25) is 5.43 Å². The number of nitrogens with zero attached hydrogens (tertiary/aromatic N) is 2. The summed E-state index contributed by atoms with van der Waals surface area (Å²) >= 11 is 0. The minimum absolute atomic E-state index is 0.0737. The third-order valence-electron chi connectivity index (χ3n) is 6.60. The number of hydrogen-bond acceptors (Lipinski definition) is 4. The van der Waals surface area contributed by atoms with Gasteiger partial charge in [0, 0.05) is 29.5 Å². The van der Waals surface area contributed by atoms with Crippen molar-refractivity contribution in [3.05, 3.63) is 94.4 Å². The molecule has 6 nitrogen and oxygen atoms in total. The zero-order valence-corrected chi connectivity index (χ0v) is 20.9. The molecule has 36 heavy (non-hydrogen) atoms. The molecule has 1 amide bonds. The summed E-state index contributed by atoms with van der Waals surface area (Å²) in [4.78, 5) is 42.2. The molecule has 0 spiro atoms. The summed E-state index contributed by atoms with van der Waals surface area (Å²) in [6.45, 7) is 7.30. The van der Waals surface area contributed by atoms with E-state index in [9.17, 15) is 14.4 Å². The monoisotopic (exact) mass is 479 g/mol. The summed E-state index contributed by atoms with van der Waals surface area (Å²) in [5.41, 5.74) is 3.79. The molecule has 0 saturated heterocycles. The number of rotatable bonds is 5. The Hall–Kier alpha value is -4.06. The molecule has 2 aromatic carbocycles. The zero-order valence-electron chi connectivity index (χ0n) is 20.9. The van der Waals surface area contributed by atoms with E-state index in [-0.39, 0.29) is 22.7 Å². The van der Waals surface area contributed by atoms with Crippen LogP contribution in [0.2, 0.25) is 0 Å². The maximum Gasteiger partial charge on any atom is 0.257 e. The summed E-state index contributed by atoms with van der Waals surface area (Å²) < 4.78 is 1.80. The number of fused-ring (bicyclic) bond motifs is 1. The van der Waals surface area contributed by atoms with Gasteiger partial charge in [0.05, 0.1) is 5.39 Å². The molecule has 1 fully saturated rings. The number of hydrogen-bond donors (Lipinski definition) is 1. The van der Waals surface area contributed by atoms with Crippen molar-refractivity contribution in [2.24, 2.45) is 5.92 Å². The second-order valence-electron chi connectivity index (χ2n) is 10.6. The quantitative estimate of drug-likeness (QED) is 0.423. The average Bonchev–Trinajstić information content (AvgIpc) is 3.65. The SMILES string of the molecule is CC(=O)C1CC1c1ccc(-c2cccc(-n3cc(C(=O)NC(C)(C)C)c(=O)c4cccnc43)c2)cc1. The molecule has 0 aliphatic heterocycles. The lowest BCUT2D eigenvalue weighted by molar-refractivity contribution is -0.118. The number of Topliss-reactive ketones (excluding diaryl/α,β-unsaturated/α-hetero) is 1. The summed E-state index contributed by atoms with van der Waals surface area (Å²) in [6, 6.07) is 19.7. The van der Waals surface area contributed by atoms with Gasteiger partial charge in [-0.2, -0.15) is 0 Å². The smallest absolute Gasteiger partial charge is 0.257 e. The van der Waals surface area contributed by atoms with Crippen molar-refractivity contribution in [3.63, 3.8) is 0 Å². The predicted octanol–water partition coefficient (Wildman–Crippen LogP) is 5.27. The van der Waals surface area contributed by atoms with E-state index >= 15 is 0 Å². The van der Waals surface area contributed by atoms with Crippen molar-refractivity contribution < 1.29 is 9.59 Å².